The van der Waals surface area contributed by atoms with Crippen molar-refractivity contribution in [3.05, 3.63) is 34.9 Å². The third kappa shape index (κ3) is 2.40. The molecule has 2 rings (SSSR count). The first-order valence-corrected chi connectivity index (χ1v) is 5.87. The summed E-state index contributed by atoms with van der Waals surface area (Å²) in [6.07, 6.45) is 0.426. The van der Waals surface area contributed by atoms with Gasteiger partial charge in [-0.3, -0.25) is 0 Å². The molecule has 0 atom stereocenters. The summed E-state index contributed by atoms with van der Waals surface area (Å²) in [6, 6.07) is 1.37. The quantitative estimate of drug-likeness (QED) is 0.465. The molecule has 0 bridgehead atoms. The van der Waals surface area contributed by atoms with Gasteiger partial charge in [0.2, 0.25) is 6.08 Å². The average Bonchev–Trinajstić information content (AvgIpc) is 2.82. The van der Waals surface area contributed by atoms with Gasteiger partial charge in [0.05, 0.1) is 0 Å². The van der Waals surface area contributed by atoms with Gasteiger partial charge in [-0.25, -0.2) is 22.4 Å². The fraction of sp³-hybridized carbons (Fsp3) is 0.462. The number of aliphatic imine (C=N–C) groups is 1. The first kappa shape index (κ1) is 13.7. The molecule has 0 aliphatic heterocycles. The summed E-state index contributed by atoms with van der Waals surface area (Å²) in [4.78, 5) is 14.1. The first-order valence-electron chi connectivity index (χ1n) is 5.87. The molecule has 1 aliphatic carbocycles. The summed E-state index contributed by atoms with van der Waals surface area (Å²) in [5.74, 6) is -2.56. The van der Waals surface area contributed by atoms with Crippen molar-refractivity contribution in [3.8, 4) is 0 Å². The van der Waals surface area contributed by atoms with Gasteiger partial charge >= 0.3 is 0 Å². The van der Waals surface area contributed by atoms with Crippen molar-refractivity contribution in [3.63, 3.8) is 0 Å². The number of isocyanates is 1. The van der Waals surface area contributed by atoms with Crippen LogP contribution >= 0.6 is 0 Å². The van der Waals surface area contributed by atoms with E-state index in [9.17, 15) is 22.4 Å². The van der Waals surface area contributed by atoms with E-state index in [1.807, 2.05) is 0 Å². The van der Waals surface area contributed by atoms with Crippen molar-refractivity contribution in [1.82, 2.24) is 0 Å². The molecule has 0 N–H and O–H groups in total. The van der Waals surface area contributed by atoms with Crippen LogP contribution in [0.25, 0.3) is 0 Å². The van der Waals surface area contributed by atoms with Gasteiger partial charge in [-0.2, -0.15) is 4.99 Å². The van der Waals surface area contributed by atoms with Gasteiger partial charge in [0, 0.05) is 11.1 Å². The monoisotopic (exact) mass is 273 g/mol. The summed E-state index contributed by atoms with van der Waals surface area (Å²) in [5.41, 5.74) is -2.14. The molecule has 0 saturated heterocycles. The maximum absolute atomic E-state index is 13.9. The number of hydrogen-bond donors (Lipinski definition) is 0. The first-order chi connectivity index (χ1) is 9.00. The van der Waals surface area contributed by atoms with Crippen LogP contribution in [0, 0.1) is 11.6 Å². The number of hydrogen-bond acceptors (Lipinski definition) is 2. The van der Waals surface area contributed by atoms with E-state index >= 15 is 0 Å². The molecule has 6 heteroatoms. The SMILES string of the molecule is O=C=NC1(c2cc(C(F)F)cc(F)c2F)CCCC1. The Labute approximate surface area is 107 Å². The van der Waals surface area contributed by atoms with Crippen molar-refractivity contribution in [2.45, 2.75) is 37.6 Å². The van der Waals surface area contributed by atoms with Crippen LogP contribution in [0.5, 0.6) is 0 Å². The predicted molar refractivity (Wildman–Crippen MR) is 59.6 cm³/mol. The van der Waals surface area contributed by atoms with Gasteiger partial charge in [-0.05, 0) is 25.0 Å². The molecule has 0 aromatic heterocycles. The second-order valence-corrected chi connectivity index (χ2v) is 4.61. The van der Waals surface area contributed by atoms with E-state index in [1.54, 1.807) is 0 Å². The minimum Gasteiger partial charge on any atom is -0.211 e. The van der Waals surface area contributed by atoms with Gasteiger partial charge in [-0.15, -0.1) is 0 Å². The number of rotatable bonds is 3. The lowest BCUT2D eigenvalue weighted by atomic mass is 9.87. The van der Waals surface area contributed by atoms with Crippen LogP contribution in [0.2, 0.25) is 0 Å². The van der Waals surface area contributed by atoms with Crippen LogP contribution in [0.4, 0.5) is 17.6 Å². The summed E-state index contributed by atoms with van der Waals surface area (Å²) in [7, 11) is 0. The number of alkyl halides is 2. The van der Waals surface area contributed by atoms with Crippen molar-refractivity contribution in [2.24, 2.45) is 4.99 Å². The van der Waals surface area contributed by atoms with Crippen LogP contribution in [-0.2, 0) is 10.3 Å². The molecular formula is C13H11F4NO. The van der Waals surface area contributed by atoms with Crippen LogP contribution in [0.1, 0.15) is 43.2 Å². The van der Waals surface area contributed by atoms with E-state index in [0.29, 0.717) is 31.7 Å². The average molecular weight is 273 g/mol. The lowest BCUT2D eigenvalue weighted by Crippen LogP contribution is -2.22. The largest absolute Gasteiger partial charge is 0.263 e. The van der Waals surface area contributed by atoms with Crippen molar-refractivity contribution in [1.29, 1.82) is 0 Å². The number of carbonyl (C=O) groups excluding carboxylic acids is 1. The van der Waals surface area contributed by atoms with Gasteiger partial charge in [-0.1, -0.05) is 12.8 Å². The molecule has 19 heavy (non-hydrogen) atoms. The van der Waals surface area contributed by atoms with Crippen molar-refractivity contribution >= 4 is 6.08 Å². The maximum atomic E-state index is 13.9. The molecule has 1 aromatic rings. The highest BCUT2D eigenvalue weighted by Gasteiger charge is 2.39. The Bertz CT molecular complexity index is 532. The highest BCUT2D eigenvalue weighted by atomic mass is 19.3. The number of benzene rings is 1. The molecular weight excluding hydrogens is 262 g/mol. The van der Waals surface area contributed by atoms with Crippen molar-refractivity contribution in [2.75, 3.05) is 0 Å². The fourth-order valence-electron chi connectivity index (χ4n) is 2.56. The molecule has 1 saturated carbocycles. The van der Waals surface area contributed by atoms with E-state index in [2.05, 4.69) is 4.99 Å². The molecule has 1 aromatic carbocycles. The van der Waals surface area contributed by atoms with E-state index in [4.69, 9.17) is 0 Å². The van der Waals surface area contributed by atoms with E-state index < -0.39 is 29.2 Å². The van der Waals surface area contributed by atoms with Gasteiger partial charge in [0.1, 0.15) is 5.54 Å². The Morgan fingerprint density at radius 2 is 1.84 bits per heavy atom. The second-order valence-electron chi connectivity index (χ2n) is 4.61. The Morgan fingerprint density at radius 1 is 1.21 bits per heavy atom. The van der Waals surface area contributed by atoms with Crippen molar-refractivity contribution < 1.29 is 22.4 Å². The summed E-state index contributed by atoms with van der Waals surface area (Å²) in [5, 5.41) is 0. The number of nitrogens with zero attached hydrogens (tertiary/aromatic N) is 1. The minimum atomic E-state index is -2.91. The van der Waals surface area contributed by atoms with E-state index in [-0.39, 0.29) is 5.56 Å². The van der Waals surface area contributed by atoms with E-state index in [1.165, 1.54) is 6.08 Å². The third-order valence-electron chi connectivity index (χ3n) is 3.49. The molecule has 0 heterocycles. The van der Waals surface area contributed by atoms with E-state index in [0.717, 1.165) is 6.07 Å². The zero-order valence-electron chi connectivity index (χ0n) is 9.93. The summed E-state index contributed by atoms with van der Waals surface area (Å²) in [6.45, 7) is 0. The lowest BCUT2D eigenvalue weighted by Gasteiger charge is -2.24. The van der Waals surface area contributed by atoms with Gasteiger partial charge < -0.3 is 0 Å². The Morgan fingerprint density at radius 3 is 2.37 bits per heavy atom. The molecule has 0 amide bonds. The smallest absolute Gasteiger partial charge is 0.211 e. The van der Waals surface area contributed by atoms with Crippen LogP contribution in [0.3, 0.4) is 0 Å². The fourth-order valence-corrected chi connectivity index (χ4v) is 2.56. The molecule has 1 aliphatic rings. The normalized spacial score (nSPS) is 17.5. The molecule has 0 radical (unpaired) electrons. The van der Waals surface area contributed by atoms with Crippen LogP contribution < -0.4 is 0 Å². The summed E-state index contributed by atoms with van der Waals surface area (Å²) < 4.78 is 52.6. The molecule has 0 spiro atoms. The molecule has 2 nitrogen and oxygen atoms in total. The van der Waals surface area contributed by atoms with Crippen LogP contribution in [-0.4, -0.2) is 6.08 Å². The summed E-state index contributed by atoms with van der Waals surface area (Å²) >= 11 is 0. The third-order valence-corrected chi connectivity index (χ3v) is 3.49. The maximum Gasteiger partial charge on any atom is 0.263 e. The Hall–Kier alpha value is -1.68. The molecule has 1 fully saturated rings. The zero-order chi connectivity index (χ0) is 14.0. The molecule has 102 valence electrons. The topological polar surface area (TPSA) is 29.4 Å². The van der Waals surface area contributed by atoms with Gasteiger partial charge in [0.25, 0.3) is 6.43 Å². The number of halogens is 4. The standard InChI is InChI=1S/C13H11F4NO/c14-10-6-8(12(16)17)5-9(11(10)15)13(18-7-19)3-1-2-4-13/h5-6,12H,1-4H2. The highest BCUT2D eigenvalue weighted by Crippen LogP contribution is 2.44. The van der Waals surface area contributed by atoms with Crippen LogP contribution in [0.15, 0.2) is 17.1 Å². The predicted octanol–water partition coefficient (Wildman–Crippen LogP) is 4.01. The highest BCUT2D eigenvalue weighted by molar-refractivity contribution is 5.41. The Kier molecular flexibility index (Phi) is 3.71. The van der Waals surface area contributed by atoms with Gasteiger partial charge in [0.15, 0.2) is 11.6 Å². The molecule has 0 unspecified atom stereocenters. The lowest BCUT2D eigenvalue weighted by molar-refractivity contribution is 0.150. The minimum absolute atomic E-state index is 0.274. The Balaban J connectivity index is 2.62. The zero-order valence-corrected chi connectivity index (χ0v) is 9.93. The second kappa shape index (κ2) is 5.13.